The lowest BCUT2D eigenvalue weighted by Crippen LogP contribution is -2.49. The van der Waals surface area contributed by atoms with E-state index in [0.717, 1.165) is 53.4 Å². The maximum atomic E-state index is 13.0. The van der Waals surface area contributed by atoms with Crippen LogP contribution in [-0.4, -0.2) is 50.4 Å². The number of amides is 1. The minimum absolute atomic E-state index is 0.0182. The second-order valence-electron chi connectivity index (χ2n) is 8.11. The number of piperidine rings is 1. The van der Waals surface area contributed by atoms with Gasteiger partial charge in [-0.1, -0.05) is 30.3 Å². The highest BCUT2D eigenvalue weighted by Crippen LogP contribution is 2.41. The number of nitrogens with zero attached hydrogens (tertiary/aromatic N) is 4. The van der Waals surface area contributed by atoms with E-state index in [0.29, 0.717) is 25.4 Å². The fourth-order valence-electron chi connectivity index (χ4n) is 4.56. The molecule has 3 aromatic rings. The number of aromatic amines is 1. The number of hydrogen-bond donors (Lipinski definition) is 1. The van der Waals surface area contributed by atoms with Gasteiger partial charge in [0, 0.05) is 30.5 Å². The number of rotatable bonds is 2. The van der Waals surface area contributed by atoms with Crippen molar-refractivity contribution < 1.29 is 9.53 Å². The van der Waals surface area contributed by atoms with E-state index in [1.165, 1.54) is 0 Å². The zero-order valence-corrected chi connectivity index (χ0v) is 17.3. The standard InChI is InChI=1S/C23H25N5O2/c1-15-19(26-16(2)25-15)22(29)28-11-9-23(10-12-28)20-18(8-13-30-23)14-24-21(27-20)17-6-4-3-5-7-17/h3-7,14H,8-13H2,1-2H3,(H,25,26). The van der Waals surface area contributed by atoms with Crippen molar-refractivity contribution >= 4 is 5.91 Å². The molecule has 0 saturated carbocycles. The highest BCUT2D eigenvalue weighted by molar-refractivity contribution is 5.93. The normalized spacial score (nSPS) is 17.7. The van der Waals surface area contributed by atoms with Crippen molar-refractivity contribution in [3.05, 3.63) is 65.0 Å². The number of aryl methyl sites for hydroxylation is 2. The van der Waals surface area contributed by atoms with Gasteiger partial charge in [-0.15, -0.1) is 0 Å². The highest BCUT2D eigenvalue weighted by atomic mass is 16.5. The Labute approximate surface area is 175 Å². The molecule has 1 aromatic carbocycles. The summed E-state index contributed by atoms with van der Waals surface area (Å²) in [6.45, 7) is 5.66. The molecule has 5 rings (SSSR count). The van der Waals surface area contributed by atoms with Crippen LogP contribution in [0.3, 0.4) is 0 Å². The first-order valence-corrected chi connectivity index (χ1v) is 10.4. The van der Waals surface area contributed by atoms with E-state index >= 15 is 0 Å². The minimum Gasteiger partial charge on any atom is -0.368 e. The Kier molecular flexibility index (Phi) is 4.62. The third kappa shape index (κ3) is 3.19. The van der Waals surface area contributed by atoms with Crippen LogP contribution in [-0.2, 0) is 16.8 Å². The number of benzene rings is 1. The number of carbonyl (C=O) groups is 1. The number of imidazole rings is 1. The molecule has 0 atom stereocenters. The first-order chi connectivity index (χ1) is 14.6. The molecule has 30 heavy (non-hydrogen) atoms. The third-order valence-corrected chi connectivity index (χ3v) is 6.14. The molecule has 1 N–H and O–H groups in total. The van der Waals surface area contributed by atoms with E-state index in [9.17, 15) is 4.79 Å². The molecular weight excluding hydrogens is 378 g/mol. The van der Waals surface area contributed by atoms with Crippen LogP contribution in [0.2, 0.25) is 0 Å². The Hall–Kier alpha value is -3.06. The van der Waals surface area contributed by atoms with Crippen molar-refractivity contribution in [2.75, 3.05) is 19.7 Å². The van der Waals surface area contributed by atoms with E-state index in [1.54, 1.807) is 0 Å². The topological polar surface area (TPSA) is 84.0 Å². The number of nitrogens with one attached hydrogen (secondary N) is 1. The van der Waals surface area contributed by atoms with Crippen LogP contribution < -0.4 is 0 Å². The van der Waals surface area contributed by atoms with Gasteiger partial charge in [-0.3, -0.25) is 4.79 Å². The van der Waals surface area contributed by atoms with Crippen LogP contribution >= 0.6 is 0 Å². The second-order valence-corrected chi connectivity index (χ2v) is 8.11. The van der Waals surface area contributed by atoms with Crippen LogP contribution in [0.5, 0.6) is 0 Å². The van der Waals surface area contributed by atoms with Gasteiger partial charge in [0.2, 0.25) is 0 Å². The van der Waals surface area contributed by atoms with E-state index in [2.05, 4.69) is 15.0 Å². The van der Waals surface area contributed by atoms with Crippen molar-refractivity contribution in [2.24, 2.45) is 0 Å². The van der Waals surface area contributed by atoms with Crippen molar-refractivity contribution in [2.45, 2.75) is 38.7 Å². The summed E-state index contributed by atoms with van der Waals surface area (Å²) in [5.74, 6) is 1.47. The number of fused-ring (bicyclic) bond motifs is 2. The monoisotopic (exact) mass is 403 g/mol. The minimum atomic E-state index is -0.451. The molecule has 154 valence electrons. The first kappa shape index (κ1) is 18.9. The van der Waals surface area contributed by atoms with E-state index in [4.69, 9.17) is 9.72 Å². The van der Waals surface area contributed by atoms with Gasteiger partial charge in [-0.05, 0) is 38.7 Å². The lowest BCUT2D eigenvalue weighted by Gasteiger charge is -2.44. The summed E-state index contributed by atoms with van der Waals surface area (Å²) in [5, 5.41) is 0. The molecule has 7 nitrogen and oxygen atoms in total. The van der Waals surface area contributed by atoms with Crippen LogP contribution in [0.1, 0.15) is 46.1 Å². The van der Waals surface area contributed by atoms with Gasteiger partial charge in [-0.25, -0.2) is 15.0 Å². The summed E-state index contributed by atoms with van der Waals surface area (Å²) in [6, 6.07) is 10.0. The van der Waals surface area contributed by atoms with Crippen molar-refractivity contribution in [3.63, 3.8) is 0 Å². The van der Waals surface area contributed by atoms with Gasteiger partial charge in [-0.2, -0.15) is 0 Å². The fraction of sp³-hybridized carbons (Fsp3) is 0.391. The molecule has 0 unspecified atom stereocenters. The first-order valence-electron chi connectivity index (χ1n) is 10.4. The number of likely N-dealkylation sites (tertiary alicyclic amines) is 1. The quantitative estimate of drug-likeness (QED) is 0.710. The summed E-state index contributed by atoms with van der Waals surface area (Å²) in [6.07, 6.45) is 4.21. The van der Waals surface area contributed by atoms with Crippen molar-refractivity contribution in [3.8, 4) is 11.4 Å². The Morgan fingerprint density at radius 1 is 1.13 bits per heavy atom. The molecule has 0 aliphatic carbocycles. The highest BCUT2D eigenvalue weighted by Gasteiger charge is 2.43. The Morgan fingerprint density at radius 3 is 2.60 bits per heavy atom. The molecule has 0 bridgehead atoms. The average molecular weight is 403 g/mol. The van der Waals surface area contributed by atoms with Gasteiger partial charge in [0.1, 0.15) is 17.1 Å². The molecule has 7 heteroatoms. The number of H-pyrrole nitrogens is 1. The van der Waals surface area contributed by atoms with E-state index < -0.39 is 5.60 Å². The molecule has 2 aromatic heterocycles. The number of ether oxygens (including phenoxy) is 1. The summed E-state index contributed by atoms with van der Waals surface area (Å²) < 4.78 is 6.34. The number of aromatic nitrogens is 4. The Balaban J connectivity index is 1.41. The largest absolute Gasteiger partial charge is 0.368 e. The van der Waals surface area contributed by atoms with E-state index in [1.807, 2.05) is 55.3 Å². The summed E-state index contributed by atoms with van der Waals surface area (Å²) in [5.41, 5.74) is 4.02. The predicted octanol–water partition coefficient (Wildman–Crippen LogP) is 3.19. The molecule has 2 aliphatic heterocycles. The lowest BCUT2D eigenvalue weighted by molar-refractivity contribution is -0.0967. The summed E-state index contributed by atoms with van der Waals surface area (Å²) in [4.78, 5) is 31.9. The zero-order chi connectivity index (χ0) is 20.7. The maximum absolute atomic E-state index is 13.0. The molecule has 2 aliphatic rings. The second kappa shape index (κ2) is 7.32. The summed E-state index contributed by atoms with van der Waals surface area (Å²) >= 11 is 0. The number of hydrogen-bond acceptors (Lipinski definition) is 5. The zero-order valence-electron chi connectivity index (χ0n) is 17.3. The maximum Gasteiger partial charge on any atom is 0.274 e. The molecular formula is C23H25N5O2. The van der Waals surface area contributed by atoms with Gasteiger partial charge in [0.05, 0.1) is 12.3 Å². The number of carbonyl (C=O) groups excluding carboxylic acids is 1. The average Bonchev–Trinajstić information content (AvgIpc) is 3.12. The van der Waals surface area contributed by atoms with Crippen LogP contribution in [0.4, 0.5) is 0 Å². The van der Waals surface area contributed by atoms with Crippen LogP contribution in [0.25, 0.3) is 11.4 Å². The van der Waals surface area contributed by atoms with Gasteiger partial charge in [0.15, 0.2) is 5.82 Å². The van der Waals surface area contributed by atoms with Crippen LogP contribution in [0, 0.1) is 13.8 Å². The molecule has 1 saturated heterocycles. The molecule has 1 fully saturated rings. The molecule has 1 spiro atoms. The van der Waals surface area contributed by atoms with Gasteiger partial charge < -0.3 is 14.6 Å². The predicted molar refractivity (Wildman–Crippen MR) is 112 cm³/mol. The third-order valence-electron chi connectivity index (χ3n) is 6.14. The smallest absolute Gasteiger partial charge is 0.274 e. The molecule has 0 radical (unpaired) electrons. The van der Waals surface area contributed by atoms with Crippen molar-refractivity contribution in [1.82, 2.24) is 24.8 Å². The molecule has 1 amide bonds. The lowest BCUT2D eigenvalue weighted by atomic mass is 9.83. The Bertz CT molecular complexity index is 1080. The van der Waals surface area contributed by atoms with Crippen LogP contribution in [0.15, 0.2) is 36.5 Å². The fourth-order valence-corrected chi connectivity index (χ4v) is 4.56. The van der Waals surface area contributed by atoms with Gasteiger partial charge >= 0.3 is 0 Å². The summed E-state index contributed by atoms with van der Waals surface area (Å²) in [7, 11) is 0. The van der Waals surface area contributed by atoms with E-state index in [-0.39, 0.29) is 5.91 Å². The molecule has 4 heterocycles. The SMILES string of the molecule is Cc1nc(C(=O)N2CCC3(CC2)OCCc2cnc(-c4ccccc4)nc23)c(C)[nH]1. The van der Waals surface area contributed by atoms with Gasteiger partial charge in [0.25, 0.3) is 5.91 Å². The van der Waals surface area contributed by atoms with Crippen molar-refractivity contribution in [1.29, 1.82) is 0 Å². The Morgan fingerprint density at radius 2 is 1.90 bits per heavy atom.